The van der Waals surface area contributed by atoms with Gasteiger partial charge in [0.15, 0.2) is 0 Å². The molecule has 11 atom stereocenters. The molecule has 0 bridgehead atoms. The lowest BCUT2D eigenvalue weighted by atomic mass is 10.00. The van der Waals surface area contributed by atoms with Crippen LogP contribution in [-0.4, -0.2) is 188 Å². The van der Waals surface area contributed by atoms with Crippen LogP contribution in [0.1, 0.15) is 125 Å². The van der Waals surface area contributed by atoms with E-state index in [9.17, 15) is 87.5 Å². The average Bonchev–Trinajstić information content (AvgIpc) is 3.85. The normalized spacial score (nSPS) is 16.9. The second-order valence-corrected chi connectivity index (χ2v) is 20.1. The summed E-state index contributed by atoms with van der Waals surface area (Å²) in [6.45, 7) is 9.02. The Morgan fingerprint density at radius 2 is 1.01 bits per heavy atom. The Bertz CT molecular complexity index is 2200. The van der Waals surface area contributed by atoms with Crippen LogP contribution in [0.2, 0.25) is 0 Å². The molecule has 0 aliphatic carbocycles. The third-order valence-corrected chi connectivity index (χ3v) is 12.4. The molecule has 1 saturated heterocycles. The van der Waals surface area contributed by atoms with Crippen molar-refractivity contribution in [3.63, 3.8) is 0 Å². The number of hydrogen-bond donors (Lipinski definition) is 16. The number of aliphatic hydroxyl groups is 1. The van der Waals surface area contributed by atoms with E-state index in [1.165, 1.54) is 27.7 Å². The van der Waals surface area contributed by atoms with E-state index in [1.807, 2.05) is 0 Å². The first kappa shape index (κ1) is 69.5. The summed E-state index contributed by atoms with van der Waals surface area (Å²) in [4.78, 5) is 183. The molecule has 31 nitrogen and oxygen atoms in total. The van der Waals surface area contributed by atoms with Crippen LogP contribution < -0.4 is 65.5 Å². The third-order valence-electron chi connectivity index (χ3n) is 12.4. The largest absolute Gasteiger partial charge is 0.481 e. The molecule has 1 aliphatic rings. The first-order valence-corrected chi connectivity index (χ1v) is 25.9. The Hall–Kier alpha value is -7.54. The molecular formula is C48H81N13O18. The van der Waals surface area contributed by atoms with Crippen molar-refractivity contribution in [2.75, 3.05) is 13.1 Å². The van der Waals surface area contributed by atoms with Gasteiger partial charge in [0.2, 0.25) is 65.0 Å². The zero-order valence-corrected chi connectivity index (χ0v) is 45.4. The number of nitrogens with one attached hydrogen (secondary N) is 8. The highest BCUT2D eigenvalue weighted by Gasteiger charge is 2.42. The molecular weight excluding hydrogens is 1050 g/mol. The number of nitrogens with zero attached hydrogens (tertiary/aromatic N) is 1. The second kappa shape index (κ2) is 34.4. The van der Waals surface area contributed by atoms with Gasteiger partial charge >= 0.3 is 17.9 Å². The van der Waals surface area contributed by atoms with Crippen LogP contribution in [0.15, 0.2) is 0 Å². The van der Waals surface area contributed by atoms with E-state index in [0.717, 1.165) is 4.90 Å². The van der Waals surface area contributed by atoms with E-state index in [0.29, 0.717) is 19.4 Å². The molecule has 0 aromatic heterocycles. The summed E-state index contributed by atoms with van der Waals surface area (Å²) >= 11 is 0. The summed E-state index contributed by atoms with van der Waals surface area (Å²) in [5, 5.41) is 57.5. The van der Waals surface area contributed by atoms with Gasteiger partial charge in [0.1, 0.15) is 54.4 Å². The van der Waals surface area contributed by atoms with Gasteiger partial charge in [0.05, 0.1) is 18.6 Å². The Kier molecular flexibility index (Phi) is 30.2. The fraction of sp³-hybridized carbons (Fsp3) is 0.708. The number of aliphatic carboxylic acids is 3. The van der Waals surface area contributed by atoms with Crippen LogP contribution >= 0.6 is 0 Å². The number of aliphatic hydroxyl groups excluding tert-OH is 1. The number of amides is 11. The fourth-order valence-electron chi connectivity index (χ4n) is 8.02. The molecule has 0 aromatic rings. The van der Waals surface area contributed by atoms with Gasteiger partial charge in [0.25, 0.3) is 0 Å². The molecule has 1 rings (SSSR count). The molecule has 0 radical (unpaired) electrons. The Labute approximate surface area is 456 Å². The lowest BCUT2D eigenvalue weighted by Crippen LogP contribution is -2.61. The van der Waals surface area contributed by atoms with Crippen molar-refractivity contribution < 1.29 is 87.5 Å². The summed E-state index contributed by atoms with van der Waals surface area (Å²) in [6.07, 6.45) is -4.57. The van der Waals surface area contributed by atoms with E-state index < -0.39 is 200 Å². The molecule has 0 saturated carbocycles. The highest BCUT2D eigenvalue weighted by molar-refractivity contribution is 6.00. The summed E-state index contributed by atoms with van der Waals surface area (Å²) in [5.41, 5.74) is 22.3. The number of rotatable bonds is 37. The van der Waals surface area contributed by atoms with Crippen LogP contribution in [-0.2, 0) is 67.1 Å². The maximum atomic E-state index is 14.0. The quantitative estimate of drug-likeness (QED) is 0.0258. The van der Waals surface area contributed by atoms with Crippen LogP contribution in [0, 0.1) is 11.8 Å². The lowest BCUT2D eigenvalue weighted by molar-refractivity contribution is -0.144. The molecule has 1 aliphatic heterocycles. The van der Waals surface area contributed by atoms with E-state index in [4.69, 9.17) is 22.9 Å². The summed E-state index contributed by atoms with van der Waals surface area (Å²) < 4.78 is 0. The van der Waals surface area contributed by atoms with Gasteiger partial charge in [-0.15, -0.1) is 0 Å². The molecule has 0 unspecified atom stereocenters. The minimum Gasteiger partial charge on any atom is -0.481 e. The zero-order chi connectivity index (χ0) is 60.4. The number of unbranched alkanes of at least 4 members (excludes halogenated alkanes) is 1. The molecule has 31 heteroatoms. The van der Waals surface area contributed by atoms with Crippen LogP contribution in [0.3, 0.4) is 0 Å². The van der Waals surface area contributed by atoms with Crippen molar-refractivity contribution in [1.29, 1.82) is 0 Å². The zero-order valence-electron chi connectivity index (χ0n) is 45.4. The molecule has 20 N–H and O–H groups in total. The van der Waals surface area contributed by atoms with Crippen LogP contribution in [0.4, 0.5) is 0 Å². The predicted molar refractivity (Wildman–Crippen MR) is 276 cm³/mol. The van der Waals surface area contributed by atoms with Gasteiger partial charge in [-0.05, 0) is 83.6 Å². The Morgan fingerprint density at radius 3 is 1.48 bits per heavy atom. The highest BCUT2D eigenvalue weighted by atomic mass is 16.4. The minimum atomic E-state index is -1.93. The third kappa shape index (κ3) is 25.2. The highest BCUT2D eigenvalue weighted by Crippen LogP contribution is 2.21. The molecule has 0 aromatic carbocycles. The van der Waals surface area contributed by atoms with Crippen molar-refractivity contribution in [2.24, 2.45) is 34.8 Å². The monoisotopic (exact) mass is 1130 g/mol. The number of carboxylic acid groups (broad SMARTS) is 3. The van der Waals surface area contributed by atoms with Gasteiger partial charge in [0, 0.05) is 25.8 Å². The van der Waals surface area contributed by atoms with Crippen molar-refractivity contribution in [1.82, 2.24) is 47.4 Å². The summed E-state index contributed by atoms with van der Waals surface area (Å²) in [5.74, 6) is -16.7. The molecule has 79 heavy (non-hydrogen) atoms. The first-order chi connectivity index (χ1) is 36.8. The number of primary amides is 2. The van der Waals surface area contributed by atoms with E-state index >= 15 is 0 Å². The number of hydrogen-bond acceptors (Lipinski definition) is 17. The van der Waals surface area contributed by atoms with Crippen LogP contribution in [0.25, 0.3) is 0 Å². The van der Waals surface area contributed by atoms with Gasteiger partial charge in [-0.2, -0.15) is 0 Å². The smallest absolute Gasteiger partial charge is 0.325 e. The predicted octanol–water partition coefficient (Wildman–Crippen LogP) is -5.63. The molecule has 11 amide bonds. The maximum absolute atomic E-state index is 14.0. The van der Waals surface area contributed by atoms with E-state index in [1.54, 1.807) is 13.8 Å². The number of nitrogens with two attached hydrogens (primary N) is 4. The number of carbonyl (C=O) groups is 14. The number of likely N-dealkylation sites (tertiary alicyclic amines) is 1. The minimum absolute atomic E-state index is 0.0109. The SMILES string of the molecule is CC(C)C[C@H](NC(=O)[C@H](CCC(=O)O)NC(=O)[C@@H](NC(=O)[C@H](CC(N)=O)NC(=O)[C@H](CCC(N)=O)NC(=O)[C@H](CCC(=O)O)NC(=O)[C@@H]1CCCN1C(=O)[C@@H](NC(=O)[C@@H](N)CCCCN)[C@@H](C)O)C(C)C)C(=O)N[C@@H](C)C(=O)O. The fourth-order valence-corrected chi connectivity index (χ4v) is 8.02. The second-order valence-electron chi connectivity index (χ2n) is 20.1. The molecule has 446 valence electrons. The molecule has 1 heterocycles. The topological polar surface area (TPSA) is 523 Å². The van der Waals surface area contributed by atoms with Crippen molar-refractivity contribution in [3.05, 3.63) is 0 Å². The maximum Gasteiger partial charge on any atom is 0.325 e. The first-order valence-electron chi connectivity index (χ1n) is 25.9. The van der Waals surface area contributed by atoms with Gasteiger partial charge in [-0.3, -0.25) is 67.1 Å². The van der Waals surface area contributed by atoms with Gasteiger partial charge in [-0.25, -0.2) is 0 Å². The Morgan fingerprint density at radius 1 is 0.544 bits per heavy atom. The van der Waals surface area contributed by atoms with Crippen molar-refractivity contribution in [3.8, 4) is 0 Å². The lowest BCUT2D eigenvalue weighted by Gasteiger charge is -2.31. The van der Waals surface area contributed by atoms with Crippen LogP contribution in [0.5, 0.6) is 0 Å². The van der Waals surface area contributed by atoms with Crippen molar-refractivity contribution in [2.45, 2.75) is 192 Å². The van der Waals surface area contributed by atoms with Gasteiger partial charge in [-0.1, -0.05) is 34.1 Å². The van der Waals surface area contributed by atoms with Gasteiger partial charge < -0.3 is 90.8 Å². The van der Waals surface area contributed by atoms with E-state index in [2.05, 4.69) is 42.5 Å². The number of carbonyl (C=O) groups excluding carboxylic acids is 11. The average molecular weight is 1130 g/mol. The Balaban J connectivity index is 3.49. The summed E-state index contributed by atoms with van der Waals surface area (Å²) in [6, 6.07) is -15.4. The van der Waals surface area contributed by atoms with E-state index in [-0.39, 0.29) is 38.1 Å². The molecule has 0 spiro atoms. The summed E-state index contributed by atoms with van der Waals surface area (Å²) in [7, 11) is 0. The standard InChI is InChI=1S/C48H81N13O18/c1-22(2)20-30(43(73)53-24(5)48(78)79)57-42(72)29(14-17-36(67)68)56-46(76)37(23(3)4)59-44(74)31(21-34(52)64)58-41(71)27(12-15-33(51)63)54-40(70)28(13-16-35(65)66)55-45(75)32-11-9-19-61(32)47(77)38(25(6)62)60-39(69)26(50)10-7-8-18-49/h22-32,37-38,62H,7-21,49-50H2,1-6H3,(H2,51,63)(H2,52,64)(H,53,73)(H,54,70)(H,55,75)(H,56,76)(H,57,72)(H,58,71)(H,59,74)(H,60,69)(H,65,66)(H,67,68)(H,78,79)/t24-,25+,26-,27-,28-,29-,30-,31-,32-,37-,38-/m0/s1. The number of carboxylic acids is 3. The molecule has 1 fully saturated rings. The van der Waals surface area contributed by atoms with Crippen molar-refractivity contribution >= 4 is 82.9 Å².